The highest BCUT2D eigenvalue weighted by molar-refractivity contribution is 7.09. The van der Waals surface area contributed by atoms with Gasteiger partial charge in [0.05, 0.1) is 19.3 Å². The number of hydrogen-bond acceptors (Lipinski definition) is 4. The van der Waals surface area contributed by atoms with Crippen molar-refractivity contribution in [3.63, 3.8) is 0 Å². The first-order chi connectivity index (χ1) is 10.2. The lowest BCUT2D eigenvalue weighted by molar-refractivity contribution is 0.0335. The fourth-order valence-corrected chi connectivity index (χ4v) is 2.64. The Balaban J connectivity index is 1.78. The van der Waals surface area contributed by atoms with Crippen LogP contribution in [0.25, 0.3) is 0 Å². The molecule has 110 valence electrons. The van der Waals surface area contributed by atoms with Crippen LogP contribution < -0.4 is 4.90 Å². The van der Waals surface area contributed by atoms with Crippen LogP contribution in [0.15, 0.2) is 41.8 Å². The highest BCUT2D eigenvalue weighted by Crippen LogP contribution is 2.15. The molecule has 1 heterocycles. The molecule has 1 unspecified atom stereocenters. The Labute approximate surface area is 129 Å². The number of aliphatic hydroxyl groups is 1. The molecule has 4 heteroatoms. The summed E-state index contributed by atoms with van der Waals surface area (Å²) in [7, 11) is 1.93. The molecule has 0 radical (unpaired) electrons. The molecule has 0 aliphatic rings. The number of thiophene rings is 1. The van der Waals surface area contributed by atoms with Crippen LogP contribution in [0.5, 0.6) is 0 Å². The summed E-state index contributed by atoms with van der Waals surface area (Å²) in [4.78, 5) is 3.14. The molecular formula is C17H19NO2S. The zero-order valence-electron chi connectivity index (χ0n) is 12.0. The normalized spacial score (nSPS) is 11.9. The third-order valence-corrected chi connectivity index (χ3v) is 3.92. The Morgan fingerprint density at radius 1 is 1.38 bits per heavy atom. The molecule has 0 fully saturated rings. The van der Waals surface area contributed by atoms with E-state index in [-0.39, 0.29) is 0 Å². The maximum atomic E-state index is 10.0. The molecule has 1 aromatic heterocycles. The van der Waals surface area contributed by atoms with Gasteiger partial charge in [0.2, 0.25) is 0 Å². The van der Waals surface area contributed by atoms with Crippen molar-refractivity contribution in [2.45, 2.75) is 12.7 Å². The molecular weight excluding hydrogens is 282 g/mol. The highest BCUT2D eigenvalue weighted by Gasteiger charge is 2.09. The average molecular weight is 301 g/mol. The summed E-state index contributed by atoms with van der Waals surface area (Å²) < 4.78 is 5.52. The molecule has 0 aliphatic heterocycles. The van der Waals surface area contributed by atoms with Crippen LogP contribution in [0.3, 0.4) is 0 Å². The van der Waals surface area contributed by atoms with Crippen LogP contribution in [0.2, 0.25) is 0 Å². The minimum Gasteiger partial charge on any atom is -0.389 e. The lowest BCUT2D eigenvalue weighted by atomic mass is 10.2. The van der Waals surface area contributed by atoms with Crippen molar-refractivity contribution >= 4 is 17.0 Å². The van der Waals surface area contributed by atoms with Crippen LogP contribution >= 0.6 is 11.3 Å². The van der Waals surface area contributed by atoms with Crippen molar-refractivity contribution in [2.75, 3.05) is 25.1 Å². The van der Waals surface area contributed by atoms with Crippen molar-refractivity contribution in [3.8, 4) is 12.3 Å². The molecule has 0 amide bonds. The maximum Gasteiger partial charge on any atom is 0.0948 e. The SMILES string of the molecule is C#Cc1cccc(N(C)CC(O)COCc2cccs2)c1. The van der Waals surface area contributed by atoms with E-state index in [1.807, 2.05) is 53.7 Å². The van der Waals surface area contributed by atoms with Crippen molar-refractivity contribution in [1.29, 1.82) is 0 Å². The van der Waals surface area contributed by atoms with Gasteiger partial charge in [-0.05, 0) is 29.6 Å². The van der Waals surface area contributed by atoms with E-state index in [1.165, 1.54) is 0 Å². The fraction of sp³-hybridized carbons (Fsp3) is 0.294. The minimum absolute atomic E-state index is 0.317. The van der Waals surface area contributed by atoms with Crippen molar-refractivity contribution in [1.82, 2.24) is 0 Å². The van der Waals surface area contributed by atoms with E-state index in [2.05, 4.69) is 5.92 Å². The second-order valence-electron chi connectivity index (χ2n) is 4.82. The summed E-state index contributed by atoms with van der Waals surface area (Å²) in [5, 5.41) is 12.0. The predicted molar refractivity (Wildman–Crippen MR) is 87.6 cm³/mol. The van der Waals surface area contributed by atoms with Gasteiger partial charge in [0.25, 0.3) is 0 Å². The fourth-order valence-electron chi connectivity index (χ4n) is 2.00. The van der Waals surface area contributed by atoms with Crippen LogP contribution in [-0.2, 0) is 11.3 Å². The number of ether oxygens (including phenoxy) is 1. The van der Waals surface area contributed by atoms with Crippen molar-refractivity contribution < 1.29 is 9.84 Å². The zero-order valence-corrected chi connectivity index (χ0v) is 12.8. The van der Waals surface area contributed by atoms with Gasteiger partial charge >= 0.3 is 0 Å². The Morgan fingerprint density at radius 3 is 2.95 bits per heavy atom. The molecule has 0 saturated heterocycles. The first kappa shape index (κ1) is 15.6. The molecule has 0 bridgehead atoms. The number of nitrogens with zero attached hydrogens (tertiary/aromatic N) is 1. The van der Waals surface area contributed by atoms with Gasteiger partial charge in [0.1, 0.15) is 0 Å². The van der Waals surface area contributed by atoms with E-state index in [9.17, 15) is 5.11 Å². The van der Waals surface area contributed by atoms with E-state index in [0.29, 0.717) is 19.8 Å². The summed E-state index contributed by atoms with van der Waals surface area (Å²) in [5.74, 6) is 2.61. The van der Waals surface area contributed by atoms with Crippen LogP contribution in [-0.4, -0.2) is 31.4 Å². The smallest absolute Gasteiger partial charge is 0.0948 e. The quantitative estimate of drug-likeness (QED) is 0.798. The second kappa shape index (κ2) is 7.84. The Kier molecular flexibility index (Phi) is 5.82. The largest absolute Gasteiger partial charge is 0.389 e. The average Bonchev–Trinajstić information content (AvgIpc) is 3.00. The van der Waals surface area contributed by atoms with Gasteiger partial charge in [0, 0.05) is 29.7 Å². The van der Waals surface area contributed by atoms with E-state index in [0.717, 1.165) is 16.1 Å². The maximum absolute atomic E-state index is 10.0. The highest BCUT2D eigenvalue weighted by atomic mass is 32.1. The van der Waals surface area contributed by atoms with Crippen LogP contribution in [0.4, 0.5) is 5.69 Å². The summed E-state index contributed by atoms with van der Waals surface area (Å²) in [6.07, 6.45) is 4.86. The standard InChI is InChI=1S/C17H19NO2S/c1-3-14-6-4-7-15(10-14)18(2)11-16(19)12-20-13-17-8-5-9-21-17/h1,4-10,16,19H,11-13H2,2H3. The number of rotatable bonds is 7. The molecule has 1 atom stereocenters. The third-order valence-electron chi connectivity index (χ3n) is 3.07. The molecule has 21 heavy (non-hydrogen) atoms. The molecule has 0 saturated carbocycles. The predicted octanol–water partition coefficient (Wildman–Crippen LogP) is 2.74. The van der Waals surface area contributed by atoms with Gasteiger partial charge in [-0.1, -0.05) is 18.1 Å². The van der Waals surface area contributed by atoms with Gasteiger partial charge < -0.3 is 14.7 Å². The van der Waals surface area contributed by atoms with Gasteiger partial charge in [-0.3, -0.25) is 0 Å². The van der Waals surface area contributed by atoms with E-state index < -0.39 is 6.10 Å². The molecule has 1 aromatic carbocycles. The molecule has 2 aromatic rings. The van der Waals surface area contributed by atoms with Gasteiger partial charge in [-0.15, -0.1) is 17.8 Å². The van der Waals surface area contributed by atoms with E-state index in [4.69, 9.17) is 11.2 Å². The summed E-state index contributed by atoms with van der Waals surface area (Å²) in [6.45, 7) is 1.36. The summed E-state index contributed by atoms with van der Waals surface area (Å²) >= 11 is 1.65. The lowest BCUT2D eigenvalue weighted by Gasteiger charge is -2.23. The topological polar surface area (TPSA) is 32.7 Å². The second-order valence-corrected chi connectivity index (χ2v) is 5.86. The Hall–Kier alpha value is -1.80. The molecule has 0 aliphatic carbocycles. The molecule has 1 N–H and O–H groups in total. The first-order valence-corrected chi connectivity index (χ1v) is 7.63. The third kappa shape index (κ3) is 4.91. The summed E-state index contributed by atoms with van der Waals surface area (Å²) in [5.41, 5.74) is 1.82. The lowest BCUT2D eigenvalue weighted by Crippen LogP contribution is -2.32. The van der Waals surface area contributed by atoms with E-state index in [1.54, 1.807) is 11.3 Å². The minimum atomic E-state index is -0.538. The molecule has 3 nitrogen and oxygen atoms in total. The van der Waals surface area contributed by atoms with Gasteiger partial charge in [-0.25, -0.2) is 0 Å². The number of anilines is 1. The number of likely N-dealkylation sites (N-methyl/N-ethyl adjacent to an activating group) is 1. The van der Waals surface area contributed by atoms with Crippen molar-refractivity contribution in [2.24, 2.45) is 0 Å². The number of terminal acetylenes is 1. The number of aliphatic hydroxyl groups excluding tert-OH is 1. The Morgan fingerprint density at radius 2 is 2.24 bits per heavy atom. The zero-order chi connectivity index (χ0) is 15.1. The Bertz CT molecular complexity index is 589. The van der Waals surface area contributed by atoms with Crippen LogP contribution in [0.1, 0.15) is 10.4 Å². The van der Waals surface area contributed by atoms with Gasteiger partial charge in [0.15, 0.2) is 0 Å². The van der Waals surface area contributed by atoms with Crippen LogP contribution in [0, 0.1) is 12.3 Å². The molecule has 0 spiro atoms. The molecule has 2 rings (SSSR count). The van der Waals surface area contributed by atoms with Gasteiger partial charge in [-0.2, -0.15) is 0 Å². The first-order valence-electron chi connectivity index (χ1n) is 6.75. The van der Waals surface area contributed by atoms with Crippen molar-refractivity contribution in [3.05, 3.63) is 52.2 Å². The monoisotopic (exact) mass is 301 g/mol. The number of hydrogen-bond donors (Lipinski definition) is 1. The summed E-state index contributed by atoms with van der Waals surface area (Å²) in [6, 6.07) is 11.7. The number of benzene rings is 1. The van der Waals surface area contributed by atoms with E-state index >= 15 is 0 Å².